The smallest absolute Gasteiger partial charge is 0.326 e. The van der Waals surface area contributed by atoms with Gasteiger partial charge in [-0.2, -0.15) is 0 Å². The van der Waals surface area contributed by atoms with E-state index < -0.39 is 23.2 Å². The van der Waals surface area contributed by atoms with Crippen molar-refractivity contribution in [1.82, 2.24) is 9.47 Å². The molecule has 0 bridgehead atoms. The molecule has 8 heteroatoms. The average Bonchev–Trinajstić information content (AvgIpc) is 2.42. The topological polar surface area (TPSA) is 123 Å². The fourth-order valence-corrected chi connectivity index (χ4v) is 1.97. The van der Waals surface area contributed by atoms with Crippen LogP contribution in [0.3, 0.4) is 0 Å². The molecule has 0 fully saturated rings. The normalized spacial score (nSPS) is 12.6. The number of aliphatic hydroxyl groups excluding tert-OH is 2. The van der Waals surface area contributed by atoms with Gasteiger partial charge in [0.25, 0.3) is 0 Å². The lowest BCUT2D eigenvalue weighted by atomic mass is 10.2. The number of carbonyl (C=O) groups is 1. The van der Waals surface area contributed by atoms with Crippen LogP contribution >= 0.6 is 0 Å². The molecular formula is C13H20N2O6. The molecule has 1 aromatic heterocycles. The summed E-state index contributed by atoms with van der Waals surface area (Å²) in [5.41, 5.74) is -0.221. The van der Waals surface area contributed by atoms with Gasteiger partial charge in [-0.1, -0.05) is 0 Å². The van der Waals surface area contributed by atoms with Crippen LogP contribution in [0, 0.1) is 0 Å². The second-order valence-electron chi connectivity index (χ2n) is 4.66. The van der Waals surface area contributed by atoms with Gasteiger partial charge in [0.15, 0.2) is 5.75 Å². The van der Waals surface area contributed by atoms with Crippen molar-refractivity contribution < 1.29 is 25.2 Å². The Morgan fingerprint density at radius 1 is 1.33 bits per heavy atom. The van der Waals surface area contributed by atoms with Crippen molar-refractivity contribution in [3.8, 4) is 5.75 Å². The second-order valence-corrected chi connectivity index (χ2v) is 4.66. The first kappa shape index (κ1) is 17.2. The van der Waals surface area contributed by atoms with Crippen molar-refractivity contribution in [3.05, 3.63) is 28.2 Å². The quantitative estimate of drug-likeness (QED) is 0.485. The van der Waals surface area contributed by atoms with Gasteiger partial charge in [-0.15, -0.1) is 0 Å². The van der Waals surface area contributed by atoms with E-state index in [1.54, 1.807) is 4.90 Å². The zero-order valence-electron chi connectivity index (χ0n) is 11.8. The molecule has 118 valence electrons. The lowest BCUT2D eigenvalue weighted by molar-refractivity contribution is -0.140. The number of carboxylic acids is 1. The number of carboxylic acid groups (broad SMARTS) is 1. The molecule has 0 aliphatic heterocycles. The fraction of sp³-hybridized carbons (Fsp3) is 0.538. The van der Waals surface area contributed by atoms with Gasteiger partial charge in [-0.05, 0) is 6.92 Å². The van der Waals surface area contributed by atoms with Crippen LogP contribution in [0.1, 0.15) is 18.7 Å². The van der Waals surface area contributed by atoms with Gasteiger partial charge in [0, 0.05) is 31.4 Å². The van der Waals surface area contributed by atoms with Crippen LogP contribution in [0.2, 0.25) is 0 Å². The van der Waals surface area contributed by atoms with Crippen LogP contribution in [0.5, 0.6) is 5.75 Å². The van der Waals surface area contributed by atoms with E-state index >= 15 is 0 Å². The van der Waals surface area contributed by atoms with Crippen molar-refractivity contribution in [2.75, 3.05) is 26.3 Å². The molecule has 0 saturated carbocycles. The zero-order valence-corrected chi connectivity index (χ0v) is 11.8. The number of hydrogen-bond donors (Lipinski definition) is 4. The van der Waals surface area contributed by atoms with Gasteiger partial charge in [-0.25, -0.2) is 4.79 Å². The van der Waals surface area contributed by atoms with Crippen molar-refractivity contribution in [3.63, 3.8) is 0 Å². The summed E-state index contributed by atoms with van der Waals surface area (Å²) in [7, 11) is 0. The highest BCUT2D eigenvalue weighted by Gasteiger charge is 2.18. The van der Waals surface area contributed by atoms with Crippen molar-refractivity contribution >= 4 is 5.97 Å². The number of pyridine rings is 1. The number of aromatic nitrogens is 1. The number of nitrogens with zero attached hydrogens (tertiary/aromatic N) is 2. The number of aromatic hydroxyl groups is 1. The van der Waals surface area contributed by atoms with Crippen LogP contribution in [0.15, 0.2) is 17.1 Å². The van der Waals surface area contributed by atoms with E-state index in [4.69, 9.17) is 15.3 Å². The lowest BCUT2D eigenvalue weighted by Gasteiger charge is -2.24. The van der Waals surface area contributed by atoms with E-state index in [1.807, 2.05) is 0 Å². The summed E-state index contributed by atoms with van der Waals surface area (Å²) < 4.78 is 1.29. The van der Waals surface area contributed by atoms with Crippen molar-refractivity contribution in [1.29, 1.82) is 0 Å². The van der Waals surface area contributed by atoms with Crippen molar-refractivity contribution in [2.24, 2.45) is 0 Å². The van der Waals surface area contributed by atoms with Gasteiger partial charge in [-0.3, -0.25) is 9.69 Å². The monoisotopic (exact) mass is 300 g/mol. The fourth-order valence-electron chi connectivity index (χ4n) is 1.97. The highest BCUT2D eigenvalue weighted by Crippen LogP contribution is 2.15. The van der Waals surface area contributed by atoms with Crippen LogP contribution in [-0.2, 0) is 11.3 Å². The van der Waals surface area contributed by atoms with E-state index in [1.165, 1.54) is 11.5 Å². The Kier molecular flexibility index (Phi) is 6.35. The Balaban J connectivity index is 3.16. The summed E-state index contributed by atoms with van der Waals surface area (Å²) in [5, 5.41) is 36.5. The third kappa shape index (κ3) is 4.55. The third-order valence-electron chi connectivity index (χ3n) is 3.14. The summed E-state index contributed by atoms with van der Waals surface area (Å²) in [6.45, 7) is 1.90. The highest BCUT2D eigenvalue weighted by molar-refractivity contribution is 5.71. The number of aliphatic carboxylic acids is 1. The molecule has 4 N–H and O–H groups in total. The summed E-state index contributed by atoms with van der Waals surface area (Å²) >= 11 is 0. The van der Waals surface area contributed by atoms with Crippen LogP contribution in [0.4, 0.5) is 0 Å². The minimum absolute atomic E-state index is 0.128. The number of aliphatic hydroxyl groups is 2. The maximum Gasteiger partial charge on any atom is 0.326 e. The molecular weight excluding hydrogens is 280 g/mol. The number of rotatable bonds is 8. The first-order valence-electron chi connectivity index (χ1n) is 6.51. The number of hydrogen-bond acceptors (Lipinski definition) is 6. The van der Waals surface area contributed by atoms with E-state index in [0.29, 0.717) is 5.69 Å². The van der Waals surface area contributed by atoms with Gasteiger partial charge in [0.05, 0.1) is 19.4 Å². The molecule has 0 aromatic carbocycles. The summed E-state index contributed by atoms with van der Waals surface area (Å²) in [6, 6.07) is 0.202. The molecule has 21 heavy (non-hydrogen) atoms. The van der Waals surface area contributed by atoms with Crippen LogP contribution in [0.25, 0.3) is 0 Å². The zero-order chi connectivity index (χ0) is 16.0. The largest absolute Gasteiger partial charge is 0.503 e. The molecule has 1 heterocycles. The van der Waals surface area contributed by atoms with Crippen LogP contribution < -0.4 is 5.43 Å². The molecule has 0 spiro atoms. The molecule has 0 radical (unpaired) electrons. The van der Waals surface area contributed by atoms with Gasteiger partial charge in [0.1, 0.15) is 6.04 Å². The van der Waals surface area contributed by atoms with E-state index in [2.05, 4.69) is 0 Å². The summed E-state index contributed by atoms with van der Waals surface area (Å²) in [5.74, 6) is -1.63. The average molecular weight is 300 g/mol. The van der Waals surface area contributed by atoms with E-state index in [0.717, 1.165) is 12.3 Å². The predicted molar refractivity (Wildman–Crippen MR) is 74.2 cm³/mol. The first-order chi connectivity index (χ1) is 9.90. The molecule has 1 atom stereocenters. The predicted octanol–water partition coefficient (Wildman–Crippen LogP) is -1.01. The minimum Gasteiger partial charge on any atom is -0.503 e. The minimum atomic E-state index is -1.10. The first-order valence-corrected chi connectivity index (χ1v) is 6.51. The lowest BCUT2D eigenvalue weighted by Crippen LogP contribution is -2.32. The molecule has 0 aliphatic rings. The third-order valence-corrected chi connectivity index (χ3v) is 3.14. The summed E-state index contributed by atoms with van der Waals surface area (Å²) in [6.07, 6.45) is 1.09. The van der Waals surface area contributed by atoms with E-state index in [9.17, 15) is 14.7 Å². The molecule has 0 aliphatic carbocycles. The van der Waals surface area contributed by atoms with Gasteiger partial charge >= 0.3 is 5.97 Å². The Bertz CT molecular complexity index is 536. The second kappa shape index (κ2) is 7.77. The Labute approximate surface area is 121 Å². The van der Waals surface area contributed by atoms with Gasteiger partial charge in [0.2, 0.25) is 5.43 Å². The van der Waals surface area contributed by atoms with E-state index in [-0.39, 0.29) is 32.8 Å². The molecule has 0 amide bonds. The maximum atomic E-state index is 11.6. The van der Waals surface area contributed by atoms with Crippen molar-refractivity contribution in [2.45, 2.75) is 19.5 Å². The molecule has 0 saturated heterocycles. The maximum absolute atomic E-state index is 11.6. The Morgan fingerprint density at radius 3 is 2.38 bits per heavy atom. The van der Waals surface area contributed by atoms with Gasteiger partial charge < -0.3 is 25.0 Å². The SMILES string of the molecule is CC(C(=O)O)n1cc(O)c(=O)cc1CN(CCO)CCO. The Hall–Kier alpha value is -1.90. The highest BCUT2D eigenvalue weighted by atomic mass is 16.4. The summed E-state index contributed by atoms with van der Waals surface area (Å²) in [4.78, 5) is 24.3. The molecule has 1 aromatic rings. The molecule has 8 nitrogen and oxygen atoms in total. The standard InChI is InChI=1S/C13H20N2O6/c1-9(13(20)21)15-8-12(19)11(18)6-10(15)7-14(2-4-16)3-5-17/h6,8-9,16-17,19H,2-5,7H2,1H3,(H,20,21). The van der Waals surface area contributed by atoms with Crippen LogP contribution in [-0.4, -0.2) is 62.2 Å². The molecule has 1 unspecified atom stereocenters. The Morgan fingerprint density at radius 2 is 1.90 bits per heavy atom. The molecule has 1 rings (SSSR count).